The van der Waals surface area contributed by atoms with Gasteiger partial charge in [0.15, 0.2) is 11.1 Å². The lowest BCUT2D eigenvalue weighted by Crippen LogP contribution is -2.61. The molecule has 2 aromatic heterocycles. The molecule has 1 amide bonds. The highest BCUT2D eigenvalue weighted by Crippen LogP contribution is 2.58. The fourth-order valence-electron chi connectivity index (χ4n) is 5.54. The SMILES string of the molecule is C[C@@H]1CN(c2ncnc3c(-c4cc(C#N)n[nH]4)ccc([C@@H]4C[C@@H]4C(F)(F)F)c23)[C@@H](C)CN1C(=O)[C@](C)(C#N)C(F)F. The number of aromatic amines is 1. The molecule has 1 saturated heterocycles. The van der Waals surface area contributed by atoms with E-state index in [0.717, 1.165) is 6.92 Å². The summed E-state index contributed by atoms with van der Waals surface area (Å²) < 4.78 is 68.2. The average molecular weight is 573 g/mol. The van der Waals surface area contributed by atoms with Crippen LogP contribution in [0.4, 0.5) is 27.8 Å². The predicted molar refractivity (Wildman–Crippen MR) is 136 cm³/mol. The summed E-state index contributed by atoms with van der Waals surface area (Å²) in [5.41, 5.74) is -0.629. The van der Waals surface area contributed by atoms with Crippen molar-refractivity contribution in [2.24, 2.45) is 11.3 Å². The van der Waals surface area contributed by atoms with E-state index in [0.29, 0.717) is 33.5 Å². The van der Waals surface area contributed by atoms with Gasteiger partial charge in [-0.3, -0.25) is 9.89 Å². The van der Waals surface area contributed by atoms with Crippen molar-refractivity contribution in [3.63, 3.8) is 0 Å². The zero-order chi connectivity index (χ0) is 29.9. The first-order valence-electron chi connectivity index (χ1n) is 12.9. The Kier molecular flexibility index (Phi) is 6.84. The third kappa shape index (κ3) is 4.71. The maximum absolute atomic E-state index is 13.7. The van der Waals surface area contributed by atoms with E-state index in [2.05, 4.69) is 20.2 Å². The lowest BCUT2D eigenvalue weighted by atomic mass is 9.89. The van der Waals surface area contributed by atoms with Gasteiger partial charge in [-0.2, -0.15) is 28.8 Å². The summed E-state index contributed by atoms with van der Waals surface area (Å²) in [6.45, 7) is 4.44. The number of piperazine rings is 1. The number of nitrogens with one attached hydrogen (secondary N) is 1. The van der Waals surface area contributed by atoms with Gasteiger partial charge >= 0.3 is 6.18 Å². The zero-order valence-electron chi connectivity index (χ0n) is 22.2. The number of nitrogens with zero attached hydrogens (tertiary/aromatic N) is 7. The van der Waals surface area contributed by atoms with E-state index >= 15 is 0 Å². The van der Waals surface area contributed by atoms with Crippen LogP contribution in [0.5, 0.6) is 0 Å². The number of aromatic nitrogens is 4. The Hall–Kier alpha value is -4.33. The standard InChI is InChI=1S/C27H25F5N8O/c1-13-10-40(25(41)26(3,11-34)24(28)29)14(2)9-39(13)23-21-16(18-7-19(18)27(30,31)32)4-5-17(22(21)35-12-36-23)20-6-15(8-33)37-38-20/h4-6,12-14,18-19,24H,7,9-10H2,1-3H3,(H,37,38)/t13-,14+,18-,19-,26+/m0/s1. The minimum Gasteiger partial charge on any atom is -0.349 e. The number of amides is 1. The Labute approximate surface area is 231 Å². The molecule has 1 aliphatic carbocycles. The number of halogens is 5. The summed E-state index contributed by atoms with van der Waals surface area (Å²) in [5.74, 6) is -2.94. The first-order valence-corrected chi connectivity index (χ1v) is 12.9. The quantitative estimate of drug-likeness (QED) is 0.436. The Balaban J connectivity index is 1.60. The number of carbonyl (C=O) groups is 1. The molecule has 214 valence electrons. The molecule has 3 aromatic rings. The molecule has 1 saturated carbocycles. The van der Waals surface area contributed by atoms with Crippen molar-refractivity contribution < 1.29 is 26.7 Å². The molecule has 0 bridgehead atoms. The number of nitriles is 2. The fraction of sp³-hybridized carbons (Fsp3) is 0.481. The Morgan fingerprint density at radius 3 is 2.46 bits per heavy atom. The van der Waals surface area contributed by atoms with Crippen molar-refractivity contribution in [2.75, 3.05) is 18.0 Å². The summed E-state index contributed by atoms with van der Waals surface area (Å²) in [7, 11) is 0. The fourth-order valence-corrected chi connectivity index (χ4v) is 5.54. The number of H-pyrrole nitrogens is 1. The molecule has 1 aliphatic heterocycles. The van der Waals surface area contributed by atoms with Crippen LogP contribution in [-0.4, -0.2) is 68.7 Å². The van der Waals surface area contributed by atoms with Gasteiger partial charge in [-0.25, -0.2) is 18.7 Å². The van der Waals surface area contributed by atoms with Crippen LogP contribution >= 0.6 is 0 Å². The van der Waals surface area contributed by atoms with Crippen molar-refractivity contribution in [1.29, 1.82) is 10.5 Å². The summed E-state index contributed by atoms with van der Waals surface area (Å²) in [6, 6.07) is 7.05. The summed E-state index contributed by atoms with van der Waals surface area (Å²) in [5, 5.41) is 25.7. The van der Waals surface area contributed by atoms with Crippen molar-refractivity contribution in [3.8, 4) is 23.4 Å². The van der Waals surface area contributed by atoms with E-state index in [1.54, 1.807) is 26.0 Å². The molecule has 5 atom stereocenters. The largest absolute Gasteiger partial charge is 0.392 e. The number of anilines is 1. The number of carbonyl (C=O) groups excluding carboxylic acids is 1. The second-order valence-electron chi connectivity index (χ2n) is 10.8. The van der Waals surface area contributed by atoms with Crippen LogP contribution in [0.3, 0.4) is 0 Å². The molecule has 9 nitrogen and oxygen atoms in total. The number of fused-ring (bicyclic) bond motifs is 1. The highest BCUT2D eigenvalue weighted by molar-refractivity contribution is 6.01. The first kappa shape index (κ1) is 28.2. The van der Waals surface area contributed by atoms with Gasteiger partial charge in [-0.15, -0.1) is 0 Å². The number of alkyl halides is 5. The molecule has 14 heteroatoms. The van der Waals surface area contributed by atoms with E-state index < -0.39 is 47.8 Å². The molecular formula is C27H25F5N8O. The summed E-state index contributed by atoms with van der Waals surface area (Å²) in [4.78, 5) is 25.0. The van der Waals surface area contributed by atoms with Crippen LogP contribution in [0.2, 0.25) is 0 Å². The molecule has 1 aromatic carbocycles. The molecule has 41 heavy (non-hydrogen) atoms. The monoisotopic (exact) mass is 572 g/mol. The number of rotatable bonds is 5. The van der Waals surface area contributed by atoms with Crippen LogP contribution in [-0.2, 0) is 4.79 Å². The molecule has 2 fully saturated rings. The third-order valence-electron chi connectivity index (χ3n) is 8.03. The Morgan fingerprint density at radius 2 is 1.88 bits per heavy atom. The van der Waals surface area contributed by atoms with Gasteiger partial charge in [-0.1, -0.05) is 12.1 Å². The van der Waals surface area contributed by atoms with E-state index in [1.165, 1.54) is 23.4 Å². The number of hydrogen-bond donors (Lipinski definition) is 1. The van der Waals surface area contributed by atoms with Gasteiger partial charge in [0, 0.05) is 42.2 Å². The van der Waals surface area contributed by atoms with Gasteiger partial charge in [0.05, 0.1) is 23.2 Å². The van der Waals surface area contributed by atoms with Gasteiger partial charge in [-0.05, 0) is 38.7 Å². The summed E-state index contributed by atoms with van der Waals surface area (Å²) in [6.07, 6.45) is -6.35. The zero-order valence-corrected chi connectivity index (χ0v) is 22.2. The van der Waals surface area contributed by atoms with E-state index in [4.69, 9.17) is 0 Å². The highest BCUT2D eigenvalue weighted by Gasteiger charge is 2.57. The summed E-state index contributed by atoms with van der Waals surface area (Å²) >= 11 is 0. The Bertz CT molecular complexity index is 1590. The molecule has 1 N–H and O–H groups in total. The van der Waals surface area contributed by atoms with Crippen LogP contribution in [0.1, 0.15) is 44.4 Å². The smallest absolute Gasteiger partial charge is 0.349 e. The normalized spacial score (nSPS) is 24.2. The number of hydrogen-bond acceptors (Lipinski definition) is 7. The van der Waals surface area contributed by atoms with Crippen molar-refractivity contribution in [1.82, 2.24) is 25.1 Å². The van der Waals surface area contributed by atoms with Crippen LogP contribution in [0, 0.1) is 34.0 Å². The van der Waals surface area contributed by atoms with Gasteiger partial charge in [0.2, 0.25) is 5.91 Å². The maximum atomic E-state index is 13.7. The van der Waals surface area contributed by atoms with Crippen molar-refractivity contribution >= 4 is 22.6 Å². The minimum absolute atomic E-state index is 0.00874. The molecule has 3 heterocycles. The predicted octanol–water partition coefficient (Wildman–Crippen LogP) is 4.78. The molecule has 0 radical (unpaired) electrons. The van der Waals surface area contributed by atoms with Gasteiger partial charge < -0.3 is 9.80 Å². The minimum atomic E-state index is -4.37. The third-order valence-corrected chi connectivity index (χ3v) is 8.03. The molecule has 0 spiro atoms. The molecule has 2 aliphatic rings. The van der Waals surface area contributed by atoms with Crippen LogP contribution in [0.15, 0.2) is 24.5 Å². The van der Waals surface area contributed by atoms with E-state index in [9.17, 15) is 37.3 Å². The van der Waals surface area contributed by atoms with Gasteiger partial charge in [0.1, 0.15) is 18.2 Å². The maximum Gasteiger partial charge on any atom is 0.392 e. The highest BCUT2D eigenvalue weighted by atomic mass is 19.4. The number of benzene rings is 1. The lowest BCUT2D eigenvalue weighted by molar-refractivity contribution is -0.149. The van der Waals surface area contributed by atoms with E-state index in [1.807, 2.05) is 11.0 Å². The topological polar surface area (TPSA) is 126 Å². The lowest BCUT2D eigenvalue weighted by Gasteiger charge is -2.46. The van der Waals surface area contributed by atoms with Crippen LogP contribution < -0.4 is 4.90 Å². The van der Waals surface area contributed by atoms with Crippen molar-refractivity contribution in [2.45, 2.75) is 57.8 Å². The second kappa shape index (κ2) is 9.94. The molecule has 0 unspecified atom stereocenters. The first-order chi connectivity index (χ1) is 19.3. The Morgan fingerprint density at radius 1 is 1.15 bits per heavy atom. The second-order valence-corrected chi connectivity index (χ2v) is 10.8. The van der Waals surface area contributed by atoms with Gasteiger partial charge in [0.25, 0.3) is 6.43 Å². The molecular weight excluding hydrogens is 547 g/mol. The average Bonchev–Trinajstić information content (AvgIpc) is 3.62. The van der Waals surface area contributed by atoms with Crippen LogP contribution in [0.25, 0.3) is 22.2 Å². The molecule has 5 rings (SSSR count). The van der Waals surface area contributed by atoms with E-state index in [-0.39, 0.29) is 25.2 Å². The van der Waals surface area contributed by atoms with Crippen molar-refractivity contribution in [3.05, 3.63) is 35.8 Å².